The Morgan fingerprint density at radius 1 is 1.41 bits per heavy atom. The molecule has 0 amide bonds. The molecule has 2 N–H and O–H groups in total. The molecule has 0 aliphatic heterocycles. The minimum absolute atomic E-state index is 0.412. The van der Waals surface area contributed by atoms with Crippen molar-refractivity contribution in [3.63, 3.8) is 0 Å². The normalized spacial score (nSPS) is 18.6. The standard InChI is InChI=1S/C14H21N3/c1-10(2)17-14(15-3)16-9-12-8-11-6-4-5-7-13(11)12/h4-7,10,12H,8-9H2,1-3H3,(H2,15,16,17). The summed E-state index contributed by atoms with van der Waals surface area (Å²) >= 11 is 0. The van der Waals surface area contributed by atoms with E-state index in [1.807, 2.05) is 7.05 Å². The minimum atomic E-state index is 0.412. The van der Waals surface area contributed by atoms with Crippen LogP contribution in [0.2, 0.25) is 0 Å². The van der Waals surface area contributed by atoms with E-state index >= 15 is 0 Å². The van der Waals surface area contributed by atoms with E-state index in [2.05, 4.69) is 53.7 Å². The summed E-state index contributed by atoms with van der Waals surface area (Å²) in [4.78, 5) is 4.21. The Balaban J connectivity index is 1.85. The maximum atomic E-state index is 4.21. The molecule has 0 bridgehead atoms. The van der Waals surface area contributed by atoms with E-state index in [-0.39, 0.29) is 0 Å². The minimum Gasteiger partial charge on any atom is -0.356 e. The Labute approximate surface area is 103 Å². The average molecular weight is 231 g/mol. The molecule has 1 aliphatic rings. The van der Waals surface area contributed by atoms with Crippen LogP contribution < -0.4 is 10.6 Å². The van der Waals surface area contributed by atoms with Gasteiger partial charge >= 0.3 is 0 Å². The van der Waals surface area contributed by atoms with Gasteiger partial charge in [0, 0.05) is 25.6 Å². The molecule has 3 nitrogen and oxygen atoms in total. The summed E-state index contributed by atoms with van der Waals surface area (Å²) < 4.78 is 0. The van der Waals surface area contributed by atoms with Crippen LogP contribution in [0.15, 0.2) is 29.3 Å². The van der Waals surface area contributed by atoms with Crippen LogP contribution >= 0.6 is 0 Å². The van der Waals surface area contributed by atoms with Gasteiger partial charge in [-0.15, -0.1) is 0 Å². The smallest absolute Gasteiger partial charge is 0.191 e. The highest BCUT2D eigenvalue weighted by Gasteiger charge is 2.25. The molecule has 17 heavy (non-hydrogen) atoms. The maximum absolute atomic E-state index is 4.21. The third kappa shape index (κ3) is 2.78. The van der Waals surface area contributed by atoms with Crippen molar-refractivity contribution < 1.29 is 0 Å². The zero-order valence-electron chi connectivity index (χ0n) is 10.8. The van der Waals surface area contributed by atoms with Crippen molar-refractivity contribution in [3.05, 3.63) is 35.4 Å². The van der Waals surface area contributed by atoms with Crippen molar-refractivity contribution in [3.8, 4) is 0 Å². The molecule has 0 radical (unpaired) electrons. The first-order chi connectivity index (χ1) is 8.20. The predicted octanol–water partition coefficient (Wildman–Crippen LogP) is 1.90. The van der Waals surface area contributed by atoms with Gasteiger partial charge in [0.15, 0.2) is 5.96 Å². The lowest BCUT2D eigenvalue weighted by atomic mass is 9.78. The summed E-state index contributed by atoms with van der Waals surface area (Å²) in [6.45, 7) is 5.19. The highest BCUT2D eigenvalue weighted by atomic mass is 15.2. The topological polar surface area (TPSA) is 36.4 Å². The first-order valence-electron chi connectivity index (χ1n) is 6.25. The lowest BCUT2D eigenvalue weighted by Gasteiger charge is -2.30. The molecule has 1 unspecified atom stereocenters. The second-order valence-electron chi connectivity index (χ2n) is 4.85. The van der Waals surface area contributed by atoms with Crippen molar-refractivity contribution in [1.82, 2.24) is 10.6 Å². The van der Waals surface area contributed by atoms with Gasteiger partial charge in [-0.1, -0.05) is 24.3 Å². The van der Waals surface area contributed by atoms with Gasteiger partial charge in [-0.3, -0.25) is 4.99 Å². The summed E-state index contributed by atoms with van der Waals surface area (Å²) in [6.07, 6.45) is 1.18. The Morgan fingerprint density at radius 3 is 2.82 bits per heavy atom. The van der Waals surface area contributed by atoms with Crippen LogP contribution in [0, 0.1) is 0 Å². The number of fused-ring (bicyclic) bond motifs is 1. The molecule has 0 fully saturated rings. The molecule has 0 saturated heterocycles. The molecule has 1 aromatic rings. The zero-order valence-corrected chi connectivity index (χ0v) is 10.8. The van der Waals surface area contributed by atoms with E-state index in [0.29, 0.717) is 12.0 Å². The molecule has 3 heteroatoms. The summed E-state index contributed by atoms with van der Waals surface area (Å²) in [5, 5.41) is 6.68. The third-order valence-corrected chi connectivity index (χ3v) is 3.13. The van der Waals surface area contributed by atoms with Crippen LogP contribution in [0.4, 0.5) is 0 Å². The van der Waals surface area contributed by atoms with Gasteiger partial charge in [-0.05, 0) is 31.4 Å². The number of hydrogen-bond donors (Lipinski definition) is 2. The highest BCUT2D eigenvalue weighted by Crippen LogP contribution is 2.33. The van der Waals surface area contributed by atoms with Crippen molar-refractivity contribution in [2.24, 2.45) is 4.99 Å². The molecule has 2 rings (SSSR count). The quantitative estimate of drug-likeness (QED) is 0.616. The molecule has 1 atom stereocenters. The van der Waals surface area contributed by atoms with Crippen LogP contribution in [0.5, 0.6) is 0 Å². The van der Waals surface area contributed by atoms with Crippen molar-refractivity contribution in [1.29, 1.82) is 0 Å². The first-order valence-corrected chi connectivity index (χ1v) is 6.25. The van der Waals surface area contributed by atoms with E-state index in [9.17, 15) is 0 Å². The Bertz CT molecular complexity index is 410. The molecule has 0 saturated carbocycles. The lowest BCUT2D eigenvalue weighted by Crippen LogP contribution is -2.43. The fourth-order valence-corrected chi connectivity index (χ4v) is 2.23. The van der Waals surface area contributed by atoms with Gasteiger partial charge in [0.1, 0.15) is 0 Å². The van der Waals surface area contributed by atoms with Gasteiger partial charge in [0.25, 0.3) is 0 Å². The summed E-state index contributed by atoms with van der Waals surface area (Å²) in [5.74, 6) is 1.53. The van der Waals surface area contributed by atoms with Crippen molar-refractivity contribution >= 4 is 5.96 Å². The van der Waals surface area contributed by atoms with E-state index in [0.717, 1.165) is 12.5 Å². The van der Waals surface area contributed by atoms with Crippen LogP contribution in [-0.4, -0.2) is 25.6 Å². The first kappa shape index (κ1) is 12.0. The highest BCUT2D eigenvalue weighted by molar-refractivity contribution is 5.80. The van der Waals surface area contributed by atoms with Crippen molar-refractivity contribution in [2.45, 2.75) is 32.2 Å². The number of benzene rings is 1. The maximum Gasteiger partial charge on any atom is 0.191 e. The van der Waals surface area contributed by atoms with Crippen LogP contribution in [-0.2, 0) is 6.42 Å². The van der Waals surface area contributed by atoms with E-state index in [1.54, 1.807) is 0 Å². The molecular weight excluding hydrogens is 210 g/mol. The van der Waals surface area contributed by atoms with Crippen LogP contribution in [0.25, 0.3) is 0 Å². The van der Waals surface area contributed by atoms with Crippen LogP contribution in [0.1, 0.15) is 30.9 Å². The SMILES string of the molecule is CN=C(NCC1Cc2ccccc21)NC(C)C. The zero-order chi connectivity index (χ0) is 12.3. The lowest BCUT2D eigenvalue weighted by molar-refractivity contribution is 0.579. The average Bonchev–Trinajstić information content (AvgIpc) is 2.28. The van der Waals surface area contributed by atoms with E-state index in [4.69, 9.17) is 0 Å². The van der Waals surface area contributed by atoms with E-state index < -0.39 is 0 Å². The summed E-state index contributed by atoms with van der Waals surface area (Å²) in [5.41, 5.74) is 2.98. The number of rotatable bonds is 3. The van der Waals surface area contributed by atoms with E-state index in [1.165, 1.54) is 17.5 Å². The van der Waals surface area contributed by atoms with Crippen molar-refractivity contribution in [2.75, 3.05) is 13.6 Å². The third-order valence-electron chi connectivity index (χ3n) is 3.13. The molecule has 1 aliphatic carbocycles. The number of nitrogens with zero attached hydrogens (tertiary/aromatic N) is 1. The van der Waals surface area contributed by atoms with Gasteiger partial charge in [0.05, 0.1) is 0 Å². The molecular formula is C14H21N3. The predicted molar refractivity (Wildman–Crippen MR) is 72.5 cm³/mol. The number of nitrogens with one attached hydrogen (secondary N) is 2. The number of hydrogen-bond acceptors (Lipinski definition) is 1. The second kappa shape index (κ2) is 5.21. The molecule has 0 aromatic heterocycles. The summed E-state index contributed by atoms with van der Waals surface area (Å²) in [7, 11) is 1.81. The van der Waals surface area contributed by atoms with Gasteiger partial charge in [-0.25, -0.2) is 0 Å². The second-order valence-corrected chi connectivity index (χ2v) is 4.85. The Morgan fingerprint density at radius 2 is 2.18 bits per heavy atom. The monoisotopic (exact) mass is 231 g/mol. The largest absolute Gasteiger partial charge is 0.356 e. The van der Waals surface area contributed by atoms with Crippen LogP contribution in [0.3, 0.4) is 0 Å². The van der Waals surface area contributed by atoms with Gasteiger partial charge in [0.2, 0.25) is 0 Å². The molecule has 1 aromatic carbocycles. The Kier molecular flexibility index (Phi) is 3.67. The van der Waals surface area contributed by atoms with Gasteiger partial charge < -0.3 is 10.6 Å². The number of aliphatic imine (C=N–C) groups is 1. The van der Waals surface area contributed by atoms with Gasteiger partial charge in [-0.2, -0.15) is 0 Å². The fraction of sp³-hybridized carbons (Fsp3) is 0.500. The molecule has 0 spiro atoms. The molecule has 0 heterocycles. The Hall–Kier alpha value is -1.51. The number of guanidine groups is 1. The molecule has 92 valence electrons. The fourth-order valence-electron chi connectivity index (χ4n) is 2.23. The summed E-state index contributed by atoms with van der Waals surface area (Å²) in [6, 6.07) is 9.08.